The zero-order chi connectivity index (χ0) is 11.8. The second-order valence-corrected chi connectivity index (χ2v) is 5.33. The Balaban J connectivity index is 0. The molecule has 18 heavy (non-hydrogen) atoms. The van der Waals surface area contributed by atoms with Crippen LogP contribution in [0.1, 0.15) is 19.3 Å². The van der Waals surface area contributed by atoms with Gasteiger partial charge in [-0.2, -0.15) is 0 Å². The van der Waals surface area contributed by atoms with Gasteiger partial charge in [0.25, 0.3) is 0 Å². The maximum absolute atomic E-state index is 5.51. The molecule has 0 aromatic carbocycles. The van der Waals surface area contributed by atoms with Crippen molar-refractivity contribution in [3.05, 3.63) is 0 Å². The fourth-order valence-corrected chi connectivity index (χ4v) is 2.61. The summed E-state index contributed by atoms with van der Waals surface area (Å²) in [6.45, 7) is 5.66. The topological polar surface area (TPSA) is 27.7 Å². The van der Waals surface area contributed by atoms with Gasteiger partial charge in [0.15, 0.2) is 0 Å². The number of halogens is 2. The normalized spacial score (nSPS) is 25.2. The van der Waals surface area contributed by atoms with Gasteiger partial charge in [-0.05, 0) is 0 Å². The molecule has 1 saturated heterocycles. The van der Waals surface area contributed by atoms with Crippen molar-refractivity contribution >= 4 is 0 Å². The standard InChI is InChI=1S/C11H24N3O.2ClH.Ti/c1-14-9-3-6-12-8-5-11(15-2)13-7-4-10-14;;;/h11-12H,3-10H2,1-2H3;2*1H;/q-1;;;+3/p-2. The number of rotatable bonds is 1. The third-order valence-electron chi connectivity index (χ3n) is 3.02. The minimum Gasteiger partial charge on any atom is -1.00 e. The molecule has 1 atom stereocenters. The quantitative estimate of drug-likeness (QED) is 0.485. The Hall–Kier alpha value is 1.13. The van der Waals surface area contributed by atoms with E-state index in [9.17, 15) is 0 Å². The molecule has 1 aliphatic heterocycles. The SMILES string of the molecule is COC1CCNCCCN(C)CCC[N]1[Ti+2].[Cl-].[Cl-]. The zero-order valence-electron chi connectivity index (χ0n) is 11.3. The van der Waals surface area contributed by atoms with Crippen LogP contribution in [0.2, 0.25) is 0 Å². The summed E-state index contributed by atoms with van der Waals surface area (Å²) in [6, 6.07) is 0. The van der Waals surface area contributed by atoms with E-state index < -0.39 is 0 Å². The molecule has 0 saturated carbocycles. The van der Waals surface area contributed by atoms with Crippen LogP contribution in [-0.4, -0.2) is 61.4 Å². The monoisotopic (exact) mass is 332 g/mol. The minimum atomic E-state index is 0. The Morgan fingerprint density at radius 3 is 2.44 bits per heavy atom. The predicted molar refractivity (Wildman–Crippen MR) is 61.7 cm³/mol. The van der Waals surface area contributed by atoms with Gasteiger partial charge in [-0.1, -0.05) is 0 Å². The van der Waals surface area contributed by atoms with Gasteiger partial charge in [-0.15, -0.1) is 0 Å². The van der Waals surface area contributed by atoms with Crippen molar-refractivity contribution in [2.75, 3.05) is 46.9 Å². The first-order chi connectivity index (χ1) is 7.74. The van der Waals surface area contributed by atoms with Gasteiger partial charge in [0.05, 0.1) is 0 Å². The van der Waals surface area contributed by atoms with Crippen molar-refractivity contribution in [3.63, 3.8) is 0 Å². The second-order valence-electron chi connectivity index (χ2n) is 4.43. The molecule has 0 bridgehead atoms. The third kappa shape index (κ3) is 9.10. The smallest absolute Gasteiger partial charge is 1.00 e. The molecule has 0 aliphatic carbocycles. The summed E-state index contributed by atoms with van der Waals surface area (Å²) >= 11 is 2.15. The molecule has 1 aliphatic rings. The fourth-order valence-electron chi connectivity index (χ4n) is 1.99. The van der Waals surface area contributed by atoms with E-state index in [1.54, 1.807) is 7.11 Å². The van der Waals surface area contributed by atoms with E-state index in [1.807, 2.05) is 0 Å². The van der Waals surface area contributed by atoms with E-state index in [2.05, 4.69) is 41.3 Å². The van der Waals surface area contributed by atoms with E-state index in [0.717, 1.165) is 26.1 Å². The molecule has 0 spiro atoms. The number of hydrogen-bond donors (Lipinski definition) is 1. The summed E-state index contributed by atoms with van der Waals surface area (Å²) in [5.41, 5.74) is 0. The number of ether oxygens (including phenoxy) is 1. The average Bonchev–Trinajstić information content (AvgIpc) is 2.26. The predicted octanol–water partition coefficient (Wildman–Crippen LogP) is -5.56. The van der Waals surface area contributed by atoms with Crippen LogP contribution in [0.4, 0.5) is 0 Å². The number of nitrogens with zero attached hydrogens (tertiary/aromatic N) is 2. The van der Waals surface area contributed by atoms with Gasteiger partial charge in [-0.25, -0.2) is 0 Å². The van der Waals surface area contributed by atoms with Gasteiger partial charge in [0, 0.05) is 0 Å². The number of nitrogens with one attached hydrogen (secondary N) is 1. The Morgan fingerprint density at radius 2 is 1.78 bits per heavy atom. The molecule has 0 aromatic heterocycles. The molecule has 1 heterocycles. The molecule has 0 amide bonds. The molecule has 1 fully saturated rings. The van der Waals surface area contributed by atoms with Gasteiger partial charge in [-0.3, -0.25) is 0 Å². The van der Waals surface area contributed by atoms with Crippen LogP contribution < -0.4 is 30.1 Å². The van der Waals surface area contributed by atoms with E-state index in [-0.39, 0.29) is 31.0 Å². The van der Waals surface area contributed by atoms with Crippen molar-refractivity contribution in [2.45, 2.75) is 25.5 Å². The summed E-state index contributed by atoms with van der Waals surface area (Å²) in [7, 11) is 4.01. The van der Waals surface area contributed by atoms with Crippen LogP contribution in [0.25, 0.3) is 0 Å². The molecular formula is C11H24Cl2N3OTi. The fraction of sp³-hybridized carbons (Fsp3) is 1.00. The molecule has 4 nitrogen and oxygen atoms in total. The van der Waals surface area contributed by atoms with Crippen LogP contribution >= 0.6 is 0 Å². The van der Waals surface area contributed by atoms with E-state index in [1.165, 1.54) is 25.9 Å². The number of methoxy groups -OCH3 is 1. The average molecular weight is 333 g/mol. The second kappa shape index (κ2) is 13.1. The van der Waals surface area contributed by atoms with Crippen LogP contribution in [0.3, 0.4) is 0 Å². The van der Waals surface area contributed by atoms with Crippen LogP contribution in [0.15, 0.2) is 0 Å². The zero-order valence-corrected chi connectivity index (χ0v) is 14.4. The largest absolute Gasteiger partial charge is 1.00 e. The van der Waals surface area contributed by atoms with E-state index in [0.29, 0.717) is 0 Å². The van der Waals surface area contributed by atoms with Crippen molar-refractivity contribution in [1.82, 2.24) is 13.6 Å². The van der Waals surface area contributed by atoms with Gasteiger partial charge in [0.2, 0.25) is 0 Å². The van der Waals surface area contributed by atoms with E-state index in [4.69, 9.17) is 4.74 Å². The van der Waals surface area contributed by atoms with E-state index >= 15 is 0 Å². The first-order valence-corrected chi connectivity index (χ1v) is 6.84. The first-order valence-electron chi connectivity index (χ1n) is 6.14. The molecule has 107 valence electrons. The van der Waals surface area contributed by atoms with Gasteiger partial charge >= 0.3 is 111 Å². The summed E-state index contributed by atoms with van der Waals surface area (Å²) in [6.07, 6.45) is 3.80. The maximum Gasteiger partial charge on any atom is -1.00 e. The Morgan fingerprint density at radius 1 is 1.11 bits per heavy atom. The van der Waals surface area contributed by atoms with Crippen molar-refractivity contribution in [3.8, 4) is 0 Å². The summed E-state index contributed by atoms with van der Waals surface area (Å²) in [5.74, 6) is 0. The van der Waals surface area contributed by atoms with Gasteiger partial charge in [0.1, 0.15) is 0 Å². The van der Waals surface area contributed by atoms with Gasteiger partial charge < -0.3 is 24.8 Å². The molecule has 0 aromatic rings. The summed E-state index contributed by atoms with van der Waals surface area (Å²) in [4.78, 5) is 2.42. The third-order valence-corrected chi connectivity index (χ3v) is 3.82. The van der Waals surface area contributed by atoms with Crippen molar-refractivity contribution in [1.29, 1.82) is 0 Å². The number of hydrogen-bond acceptors (Lipinski definition) is 4. The molecule has 1 rings (SSSR count). The Labute approximate surface area is 136 Å². The molecule has 1 unspecified atom stereocenters. The summed E-state index contributed by atoms with van der Waals surface area (Å²) in [5, 5.41) is 3.48. The van der Waals surface area contributed by atoms with Crippen LogP contribution in [0, 0.1) is 0 Å². The molecular weight excluding hydrogens is 309 g/mol. The van der Waals surface area contributed by atoms with Crippen molar-refractivity contribution in [2.24, 2.45) is 0 Å². The molecule has 7 heteroatoms. The molecule has 1 N–H and O–H groups in total. The Bertz CT molecular complexity index is 192. The van der Waals surface area contributed by atoms with Crippen LogP contribution in [0.5, 0.6) is 0 Å². The first kappa shape index (κ1) is 21.4. The molecule has 0 radical (unpaired) electrons. The summed E-state index contributed by atoms with van der Waals surface area (Å²) < 4.78 is 7.82. The maximum atomic E-state index is 5.51. The van der Waals surface area contributed by atoms with Crippen molar-refractivity contribution < 1.29 is 50.2 Å². The van der Waals surface area contributed by atoms with Crippen LogP contribution in [-0.2, 0) is 25.4 Å². The Kier molecular flexibility index (Phi) is 15.6. The minimum absolute atomic E-state index is 0.